The Kier molecular flexibility index (Phi) is 4.12. The number of piperazine rings is 1. The van der Waals surface area contributed by atoms with Crippen molar-refractivity contribution in [2.24, 2.45) is 0 Å². The molecule has 1 fully saturated rings. The van der Waals surface area contributed by atoms with Crippen molar-refractivity contribution in [1.29, 1.82) is 0 Å². The van der Waals surface area contributed by atoms with Crippen LogP contribution in [0.25, 0.3) is 10.9 Å². The lowest BCUT2D eigenvalue weighted by Crippen LogP contribution is -2.44. The first-order valence-electron chi connectivity index (χ1n) is 8.24. The van der Waals surface area contributed by atoms with Crippen LogP contribution in [0.2, 0.25) is 0 Å². The van der Waals surface area contributed by atoms with E-state index in [-0.39, 0.29) is 0 Å². The SMILES string of the molecule is CN1CCN(c2cccc3c(S(=O)c4ccccc4)c[nH]c23)CC1. The molecule has 24 heavy (non-hydrogen) atoms. The van der Waals surface area contributed by atoms with Crippen molar-refractivity contribution in [3.05, 3.63) is 54.7 Å². The van der Waals surface area contributed by atoms with Crippen LogP contribution in [0.3, 0.4) is 0 Å². The molecule has 1 aliphatic rings. The van der Waals surface area contributed by atoms with Crippen LogP contribution in [0, 0.1) is 0 Å². The number of nitrogens with zero attached hydrogens (tertiary/aromatic N) is 2. The molecule has 0 radical (unpaired) electrons. The zero-order valence-corrected chi connectivity index (χ0v) is 14.6. The molecule has 0 saturated carbocycles. The Morgan fingerprint density at radius 3 is 2.46 bits per heavy atom. The smallest absolute Gasteiger partial charge is 0.0871 e. The van der Waals surface area contributed by atoms with E-state index in [1.807, 2.05) is 36.5 Å². The van der Waals surface area contributed by atoms with Gasteiger partial charge >= 0.3 is 0 Å². The summed E-state index contributed by atoms with van der Waals surface area (Å²) in [4.78, 5) is 9.82. The number of fused-ring (bicyclic) bond motifs is 1. The molecule has 1 N–H and O–H groups in total. The minimum atomic E-state index is -1.17. The van der Waals surface area contributed by atoms with Gasteiger partial charge in [0.15, 0.2) is 0 Å². The summed E-state index contributed by atoms with van der Waals surface area (Å²) in [5.74, 6) is 0. The number of hydrogen-bond donors (Lipinski definition) is 1. The highest BCUT2D eigenvalue weighted by atomic mass is 32.2. The third-order valence-electron chi connectivity index (χ3n) is 4.66. The molecule has 4 rings (SSSR count). The van der Waals surface area contributed by atoms with Crippen molar-refractivity contribution >= 4 is 27.4 Å². The molecule has 1 aliphatic heterocycles. The van der Waals surface area contributed by atoms with Gasteiger partial charge in [-0.3, -0.25) is 0 Å². The van der Waals surface area contributed by atoms with Crippen LogP contribution in [0.5, 0.6) is 0 Å². The molecule has 2 heterocycles. The first kappa shape index (κ1) is 15.4. The number of likely N-dealkylation sites (N-methyl/N-ethyl adjacent to an activating group) is 1. The molecule has 2 aromatic carbocycles. The summed E-state index contributed by atoms with van der Waals surface area (Å²) >= 11 is 0. The molecule has 0 bridgehead atoms. The van der Waals surface area contributed by atoms with Crippen LogP contribution in [0.15, 0.2) is 64.5 Å². The standard InChI is InChI=1S/C19H21N3OS/c1-21-10-12-22(13-11-21)17-9-5-8-16-18(14-20-19(16)17)24(23)15-6-3-2-4-7-15/h2-9,14,20H,10-13H2,1H3. The highest BCUT2D eigenvalue weighted by Gasteiger charge is 2.19. The van der Waals surface area contributed by atoms with Crippen molar-refractivity contribution < 1.29 is 4.21 Å². The second kappa shape index (κ2) is 6.42. The molecule has 0 spiro atoms. The summed E-state index contributed by atoms with van der Waals surface area (Å²) in [6, 6.07) is 15.9. The largest absolute Gasteiger partial charge is 0.367 e. The van der Waals surface area contributed by atoms with E-state index >= 15 is 0 Å². The molecule has 124 valence electrons. The lowest BCUT2D eigenvalue weighted by Gasteiger charge is -2.34. The maximum absolute atomic E-state index is 12.9. The van der Waals surface area contributed by atoms with Gasteiger partial charge in [-0.1, -0.05) is 30.3 Å². The van der Waals surface area contributed by atoms with Gasteiger partial charge in [-0.15, -0.1) is 0 Å². The Balaban J connectivity index is 1.73. The second-order valence-corrected chi connectivity index (χ2v) is 7.67. The van der Waals surface area contributed by atoms with E-state index in [1.54, 1.807) is 0 Å². The molecule has 3 aromatic rings. The van der Waals surface area contributed by atoms with Crippen molar-refractivity contribution in [2.75, 3.05) is 38.1 Å². The quantitative estimate of drug-likeness (QED) is 0.797. The van der Waals surface area contributed by atoms with Gasteiger partial charge in [0.25, 0.3) is 0 Å². The molecule has 0 aliphatic carbocycles. The zero-order valence-electron chi connectivity index (χ0n) is 13.7. The molecular formula is C19H21N3OS. The van der Waals surface area contributed by atoms with Crippen LogP contribution in [-0.2, 0) is 10.8 Å². The fourth-order valence-corrected chi connectivity index (χ4v) is 4.44. The number of H-pyrrole nitrogens is 1. The molecule has 0 amide bonds. The molecule has 1 saturated heterocycles. The normalized spacial score (nSPS) is 17.3. The van der Waals surface area contributed by atoms with Crippen LogP contribution in [0.1, 0.15) is 0 Å². The van der Waals surface area contributed by atoms with E-state index in [2.05, 4.69) is 40.0 Å². The monoisotopic (exact) mass is 339 g/mol. The zero-order chi connectivity index (χ0) is 16.5. The number of benzene rings is 2. The summed E-state index contributed by atoms with van der Waals surface area (Å²) in [6.07, 6.45) is 1.90. The predicted octanol–water partition coefficient (Wildman–Crippen LogP) is 3.09. The average Bonchev–Trinajstić information content (AvgIpc) is 3.07. The summed E-state index contributed by atoms with van der Waals surface area (Å²) in [5.41, 5.74) is 2.29. The Morgan fingerprint density at radius 2 is 1.71 bits per heavy atom. The van der Waals surface area contributed by atoms with Gasteiger partial charge in [0.1, 0.15) is 0 Å². The number of anilines is 1. The van der Waals surface area contributed by atoms with E-state index in [0.717, 1.165) is 46.9 Å². The first-order valence-corrected chi connectivity index (χ1v) is 9.39. The van der Waals surface area contributed by atoms with Crippen molar-refractivity contribution in [2.45, 2.75) is 9.79 Å². The maximum Gasteiger partial charge on any atom is 0.0871 e. The van der Waals surface area contributed by atoms with Gasteiger partial charge in [-0.05, 0) is 25.2 Å². The number of rotatable bonds is 3. The Labute approximate surface area is 144 Å². The van der Waals surface area contributed by atoms with E-state index < -0.39 is 10.8 Å². The maximum atomic E-state index is 12.9. The minimum absolute atomic E-state index is 0.836. The Morgan fingerprint density at radius 1 is 0.958 bits per heavy atom. The van der Waals surface area contributed by atoms with Gasteiger partial charge < -0.3 is 14.8 Å². The molecule has 1 atom stereocenters. The number of para-hydroxylation sites is 1. The first-order chi connectivity index (χ1) is 11.7. The number of nitrogens with one attached hydrogen (secondary N) is 1. The summed E-state index contributed by atoms with van der Waals surface area (Å²) < 4.78 is 12.9. The minimum Gasteiger partial charge on any atom is -0.367 e. The highest BCUT2D eigenvalue weighted by molar-refractivity contribution is 7.85. The molecule has 1 unspecified atom stereocenters. The second-order valence-electron chi connectivity index (χ2n) is 6.22. The van der Waals surface area contributed by atoms with Gasteiger partial charge in [-0.2, -0.15) is 0 Å². The van der Waals surface area contributed by atoms with Gasteiger partial charge in [0, 0.05) is 42.7 Å². The Bertz CT molecular complexity index is 867. The fourth-order valence-electron chi connectivity index (χ4n) is 3.25. The summed E-state index contributed by atoms with van der Waals surface area (Å²) in [5, 5.41) is 1.05. The van der Waals surface area contributed by atoms with E-state index in [9.17, 15) is 4.21 Å². The fraction of sp³-hybridized carbons (Fsp3) is 0.263. The summed E-state index contributed by atoms with van der Waals surface area (Å²) in [7, 11) is 0.993. The third-order valence-corrected chi connectivity index (χ3v) is 6.09. The van der Waals surface area contributed by atoms with Crippen LogP contribution < -0.4 is 4.90 Å². The van der Waals surface area contributed by atoms with E-state index in [1.165, 1.54) is 5.69 Å². The topological polar surface area (TPSA) is 39.3 Å². The predicted molar refractivity (Wildman–Crippen MR) is 99.1 cm³/mol. The Hall–Kier alpha value is -2.11. The number of aromatic amines is 1. The molecule has 5 heteroatoms. The van der Waals surface area contributed by atoms with E-state index in [0.29, 0.717) is 0 Å². The van der Waals surface area contributed by atoms with Crippen molar-refractivity contribution in [1.82, 2.24) is 9.88 Å². The third kappa shape index (κ3) is 2.74. The van der Waals surface area contributed by atoms with Gasteiger partial charge in [0.2, 0.25) is 0 Å². The van der Waals surface area contributed by atoms with Crippen molar-refractivity contribution in [3.8, 4) is 0 Å². The molecule has 4 nitrogen and oxygen atoms in total. The summed E-state index contributed by atoms with van der Waals surface area (Å²) in [6.45, 7) is 4.18. The van der Waals surface area contributed by atoms with Gasteiger partial charge in [0.05, 0.1) is 26.9 Å². The lowest BCUT2D eigenvalue weighted by molar-refractivity contribution is 0.313. The van der Waals surface area contributed by atoms with Crippen LogP contribution in [0.4, 0.5) is 5.69 Å². The van der Waals surface area contributed by atoms with Crippen LogP contribution >= 0.6 is 0 Å². The van der Waals surface area contributed by atoms with Gasteiger partial charge in [-0.25, -0.2) is 4.21 Å². The molecule has 1 aromatic heterocycles. The highest BCUT2D eigenvalue weighted by Crippen LogP contribution is 2.32. The van der Waals surface area contributed by atoms with Crippen molar-refractivity contribution in [3.63, 3.8) is 0 Å². The lowest BCUT2D eigenvalue weighted by atomic mass is 10.2. The van der Waals surface area contributed by atoms with E-state index in [4.69, 9.17) is 0 Å². The average molecular weight is 339 g/mol. The number of hydrogen-bond acceptors (Lipinski definition) is 3. The molecular weight excluding hydrogens is 318 g/mol. The van der Waals surface area contributed by atoms with Crippen LogP contribution in [-0.4, -0.2) is 47.3 Å². The number of aromatic nitrogens is 1.